The summed E-state index contributed by atoms with van der Waals surface area (Å²) < 4.78 is 0. The largest absolute Gasteiger partial charge is 0.368 e. The van der Waals surface area contributed by atoms with Crippen LogP contribution >= 0.6 is 24.8 Å². The molecule has 5 rings (SSSR count). The van der Waals surface area contributed by atoms with Gasteiger partial charge in [0.25, 0.3) is 0 Å². The molecule has 1 saturated heterocycles. The minimum absolute atomic E-state index is 0. The molecule has 0 radical (unpaired) electrons. The van der Waals surface area contributed by atoms with E-state index >= 15 is 0 Å². The van der Waals surface area contributed by atoms with Crippen molar-refractivity contribution in [1.29, 1.82) is 0 Å². The topological polar surface area (TPSA) is 35.6 Å². The number of hydrogen-bond acceptors (Lipinski definition) is 3. The zero-order valence-corrected chi connectivity index (χ0v) is 23.8. The van der Waals surface area contributed by atoms with Gasteiger partial charge in [0.05, 0.1) is 6.04 Å². The zero-order valence-electron chi connectivity index (χ0n) is 22.2. The molecule has 1 fully saturated rings. The number of fused-ring (bicyclic) bond motifs is 1. The zero-order chi connectivity index (χ0) is 24.6. The van der Waals surface area contributed by atoms with Gasteiger partial charge < -0.3 is 10.2 Å². The van der Waals surface area contributed by atoms with E-state index < -0.39 is 0 Å². The van der Waals surface area contributed by atoms with E-state index in [-0.39, 0.29) is 36.8 Å². The van der Waals surface area contributed by atoms with Crippen LogP contribution in [0.4, 0.5) is 5.69 Å². The number of hydrogen-bond donors (Lipinski definition) is 1. The van der Waals surface area contributed by atoms with Crippen molar-refractivity contribution in [2.24, 2.45) is 0 Å². The average molecular weight is 555 g/mol. The molecule has 1 atom stereocenters. The Hall–Kier alpha value is -2.53. The number of carbonyl (C=O) groups excluding carboxylic acids is 1. The number of aryl methyl sites for hydroxylation is 1. The van der Waals surface area contributed by atoms with Crippen LogP contribution in [0.25, 0.3) is 11.1 Å². The first-order valence-electron chi connectivity index (χ1n) is 13.8. The first kappa shape index (κ1) is 30.0. The second kappa shape index (κ2) is 15.2. The van der Waals surface area contributed by atoms with Crippen LogP contribution in [-0.4, -0.2) is 43.5 Å². The third kappa shape index (κ3) is 7.75. The van der Waals surface area contributed by atoms with Crippen LogP contribution in [0.3, 0.4) is 0 Å². The molecule has 3 aromatic rings. The van der Waals surface area contributed by atoms with Crippen molar-refractivity contribution in [3.05, 3.63) is 90.0 Å². The Kier molecular flexibility index (Phi) is 12.0. The molecular weight excluding hydrogens is 513 g/mol. The van der Waals surface area contributed by atoms with E-state index in [1.165, 1.54) is 34.4 Å². The van der Waals surface area contributed by atoms with E-state index in [1.54, 1.807) is 0 Å². The lowest BCUT2D eigenvalue weighted by Gasteiger charge is -2.37. The van der Waals surface area contributed by atoms with E-state index in [0.717, 1.165) is 64.8 Å². The van der Waals surface area contributed by atoms with Crippen LogP contribution in [0, 0.1) is 0 Å². The summed E-state index contributed by atoms with van der Waals surface area (Å²) in [4.78, 5) is 17.7. The maximum atomic E-state index is 12.6. The summed E-state index contributed by atoms with van der Waals surface area (Å²) in [5.74, 6) is 0.211. The molecule has 0 saturated carbocycles. The molecule has 1 unspecified atom stereocenters. The summed E-state index contributed by atoms with van der Waals surface area (Å²) in [6.07, 6.45) is 7.26. The van der Waals surface area contributed by atoms with Gasteiger partial charge in [-0.25, -0.2) is 0 Å². The molecule has 204 valence electrons. The molecule has 1 aliphatic carbocycles. The Morgan fingerprint density at radius 3 is 2.32 bits per heavy atom. The van der Waals surface area contributed by atoms with Gasteiger partial charge in [-0.2, -0.15) is 0 Å². The number of piperazine rings is 1. The van der Waals surface area contributed by atoms with Crippen LogP contribution in [-0.2, 0) is 11.2 Å². The van der Waals surface area contributed by atoms with Crippen LogP contribution in [0.1, 0.15) is 55.7 Å². The van der Waals surface area contributed by atoms with Gasteiger partial charge in [0.2, 0.25) is 5.91 Å². The quantitative estimate of drug-likeness (QED) is 0.287. The number of nitrogens with zero attached hydrogens (tertiary/aromatic N) is 2. The predicted molar refractivity (Wildman–Crippen MR) is 164 cm³/mol. The Balaban J connectivity index is 0.00000200. The molecule has 1 heterocycles. The van der Waals surface area contributed by atoms with Crippen molar-refractivity contribution in [1.82, 2.24) is 10.2 Å². The van der Waals surface area contributed by atoms with Crippen LogP contribution in [0.15, 0.2) is 78.9 Å². The minimum atomic E-state index is 0. The van der Waals surface area contributed by atoms with Crippen molar-refractivity contribution in [3.63, 3.8) is 0 Å². The van der Waals surface area contributed by atoms with Gasteiger partial charge in [-0.05, 0) is 61.4 Å². The number of carbonyl (C=O) groups is 1. The van der Waals surface area contributed by atoms with Gasteiger partial charge in [0.15, 0.2) is 0 Å². The second-order valence-electron chi connectivity index (χ2n) is 10.2. The van der Waals surface area contributed by atoms with Crippen molar-refractivity contribution in [3.8, 4) is 11.1 Å². The van der Waals surface area contributed by atoms with Crippen molar-refractivity contribution in [2.45, 2.75) is 51.0 Å². The Morgan fingerprint density at radius 1 is 0.789 bits per heavy atom. The fourth-order valence-electron chi connectivity index (χ4n) is 5.79. The average Bonchev–Trinajstić information content (AvgIpc) is 2.94. The van der Waals surface area contributed by atoms with Gasteiger partial charge in [-0.1, -0.05) is 79.2 Å². The van der Waals surface area contributed by atoms with Crippen molar-refractivity contribution < 1.29 is 4.79 Å². The lowest BCUT2D eigenvalue weighted by atomic mass is 9.87. The summed E-state index contributed by atoms with van der Waals surface area (Å²) in [5, 5.41) is 3.30. The smallest absolute Gasteiger partial charge is 0.220 e. The fraction of sp³-hybridized carbons (Fsp3) is 0.406. The normalized spacial score (nSPS) is 17.1. The van der Waals surface area contributed by atoms with Gasteiger partial charge in [0, 0.05) is 43.9 Å². The van der Waals surface area contributed by atoms with Crippen molar-refractivity contribution >= 4 is 36.4 Å². The maximum absolute atomic E-state index is 12.6. The van der Waals surface area contributed by atoms with Gasteiger partial charge in [0.1, 0.15) is 0 Å². The third-order valence-electron chi connectivity index (χ3n) is 7.78. The molecule has 2 aliphatic rings. The van der Waals surface area contributed by atoms with E-state index in [0.29, 0.717) is 6.42 Å². The van der Waals surface area contributed by atoms with Crippen LogP contribution in [0.5, 0.6) is 0 Å². The number of para-hydroxylation sites is 1. The molecule has 0 aromatic heterocycles. The monoisotopic (exact) mass is 553 g/mol. The summed E-state index contributed by atoms with van der Waals surface area (Å²) in [7, 11) is 0. The highest BCUT2D eigenvalue weighted by Crippen LogP contribution is 2.31. The summed E-state index contributed by atoms with van der Waals surface area (Å²) >= 11 is 0. The first-order valence-corrected chi connectivity index (χ1v) is 13.8. The highest BCUT2D eigenvalue weighted by Gasteiger charge is 2.21. The number of unbranched alkanes of at least 4 members (excludes halogenated alkanes) is 2. The number of rotatable bonds is 9. The Morgan fingerprint density at radius 2 is 1.50 bits per heavy atom. The maximum Gasteiger partial charge on any atom is 0.220 e. The number of nitrogens with one attached hydrogen (secondary N) is 1. The van der Waals surface area contributed by atoms with E-state index in [4.69, 9.17) is 0 Å². The summed E-state index contributed by atoms with van der Waals surface area (Å²) in [6.45, 7) is 5.46. The molecule has 38 heavy (non-hydrogen) atoms. The number of amides is 1. The van der Waals surface area contributed by atoms with Crippen LogP contribution < -0.4 is 10.2 Å². The molecule has 6 heteroatoms. The SMILES string of the molecule is Cl.Cl.O=C(CCCCCN1CCN(c2ccccc2-c2ccccc2)CC1)NC1CCCc2ccccc21. The Labute approximate surface area is 240 Å². The molecule has 0 bridgehead atoms. The summed E-state index contributed by atoms with van der Waals surface area (Å²) in [6, 6.07) is 28.3. The van der Waals surface area contributed by atoms with Crippen LogP contribution in [0.2, 0.25) is 0 Å². The number of anilines is 1. The molecule has 0 spiro atoms. The molecule has 1 aliphatic heterocycles. The van der Waals surface area contributed by atoms with Gasteiger partial charge >= 0.3 is 0 Å². The van der Waals surface area contributed by atoms with Gasteiger partial charge in [-0.15, -0.1) is 24.8 Å². The standard InChI is InChI=1S/C32H39N3O.2ClH/c36-32(33-30-18-11-15-26-14-6-7-16-28(26)30)20-5-2-10-21-34-22-24-35(25-23-34)31-19-9-8-17-29(31)27-12-3-1-4-13-27;;/h1,3-4,6-9,12-14,16-17,19,30H,2,5,10-11,15,18,20-25H2,(H,33,36);2*1H. The lowest BCUT2D eigenvalue weighted by Crippen LogP contribution is -2.46. The van der Waals surface area contributed by atoms with Crippen molar-refractivity contribution in [2.75, 3.05) is 37.6 Å². The Bertz CT molecular complexity index is 1130. The minimum Gasteiger partial charge on any atom is -0.368 e. The van der Waals surface area contributed by atoms with E-state index in [9.17, 15) is 4.79 Å². The molecule has 1 N–H and O–H groups in total. The molecule has 4 nitrogen and oxygen atoms in total. The third-order valence-corrected chi connectivity index (χ3v) is 7.78. The highest BCUT2D eigenvalue weighted by atomic mass is 35.5. The predicted octanol–water partition coefficient (Wildman–Crippen LogP) is 7.07. The summed E-state index contributed by atoms with van der Waals surface area (Å²) in [5.41, 5.74) is 6.67. The lowest BCUT2D eigenvalue weighted by molar-refractivity contribution is -0.122. The molecular formula is C32H41Cl2N3O. The fourth-order valence-corrected chi connectivity index (χ4v) is 5.79. The van der Waals surface area contributed by atoms with E-state index in [2.05, 4.69) is 94.0 Å². The molecule has 3 aromatic carbocycles. The highest BCUT2D eigenvalue weighted by molar-refractivity contribution is 5.85. The second-order valence-corrected chi connectivity index (χ2v) is 10.2. The first-order chi connectivity index (χ1) is 17.8. The number of halogens is 2. The van der Waals surface area contributed by atoms with Gasteiger partial charge in [-0.3, -0.25) is 9.69 Å². The number of benzene rings is 3. The van der Waals surface area contributed by atoms with E-state index in [1.807, 2.05) is 0 Å². The molecule has 1 amide bonds.